The van der Waals surface area contributed by atoms with Gasteiger partial charge in [0.2, 0.25) is 5.91 Å². The maximum absolute atomic E-state index is 13.1. The molecule has 180 valence electrons. The molecule has 0 radical (unpaired) electrons. The molecule has 8 nitrogen and oxygen atoms in total. The number of alkyl carbamates (subject to hydrolysis) is 1. The molecule has 2 atom stereocenters. The van der Waals surface area contributed by atoms with E-state index in [2.05, 4.69) is 17.4 Å². The molecule has 0 saturated carbocycles. The molecule has 2 aromatic carbocycles. The summed E-state index contributed by atoms with van der Waals surface area (Å²) in [6.07, 6.45) is 0.104. The van der Waals surface area contributed by atoms with Gasteiger partial charge in [0.25, 0.3) is 0 Å². The van der Waals surface area contributed by atoms with Crippen LogP contribution in [-0.2, 0) is 19.1 Å². The third kappa shape index (κ3) is 4.37. The van der Waals surface area contributed by atoms with Crippen molar-refractivity contribution >= 4 is 18.0 Å². The normalized spacial score (nSPS) is 19.9. The van der Waals surface area contributed by atoms with E-state index in [0.29, 0.717) is 19.4 Å². The lowest BCUT2D eigenvalue weighted by atomic mass is 9.84. The van der Waals surface area contributed by atoms with Gasteiger partial charge < -0.3 is 24.8 Å². The zero-order valence-electron chi connectivity index (χ0n) is 19.5. The van der Waals surface area contributed by atoms with Gasteiger partial charge in [0.15, 0.2) is 0 Å². The van der Waals surface area contributed by atoms with E-state index in [1.165, 1.54) is 12.0 Å². The molecule has 0 spiro atoms. The van der Waals surface area contributed by atoms with Gasteiger partial charge in [-0.05, 0) is 35.1 Å². The van der Waals surface area contributed by atoms with E-state index >= 15 is 0 Å². The van der Waals surface area contributed by atoms with Crippen LogP contribution in [0.25, 0.3) is 11.1 Å². The molecule has 34 heavy (non-hydrogen) atoms. The first kappa shape index (κ1) is 23.8. The fraction of sp³-hybridized carbons (Fsp3) is 0.423. The lowest BCUT2D eigenvalue weighted by Gasteiger charge is -2.26. The molecular weight excluding hydrogens is 436 g/mol. The Bertz CT molecular complexity index is 1040. The molecular formula is C26H30N2O6. The van der Waals surface area contributed by atoms with E-state index in [9.17, 15) is 19.5 Å². The van der Waals surface area contributed by atoms with Crippen LogP contribution in [0.15, 0.2) is 48.5 Å². The van der Waals surface area contributed by atoms with Crippen LogP contribution in [0, 0.1) is 5.41 Å². The molecule has 8 heteroatoms. The maximum Gasteiger partial charge on any atom is 0.407 e. The number of aliphatic carboxylic acids is 1. The molecule has 1 saturated heterocycles. The van der Waals surface area contributed by atoms with Crippen molar-refractivity contribution in [2.24, 2.45) is 5.41 Å². The average Bonchev–Trinajstić information content (AvgIpc) is 3.43. The van der Waals surface area contributed by atoms with Gasteiger partial charge in [-0.25, -0.2) is 4.79 Å². The number of likely N-dealkylation sites (tertiary alicyclic amines) is 1. The van der Waals surface area contributed by atoms with Crippen LogP contribution in [-0.4, -0.2) is 67.4 Å². The van der Waals surface area contributed by atoms with E-state index < -0.39 is 23.5 Å². The van der Waals surface area contributed by atoms with Crippen molar-refractivity contribution in [1.82, 2.24) is 10.2 Å². The summed E-state index contributed by atoms with van der Waals surface area (Å²) in [5, 5.41) is 12.2. The van der Waals surface area contributed by atoms with E-state index in [1.54, 1.807) is 0 Å². The number of ether oxygens (including phenoxy) is 2. The molecule has 2 N–H and O–H groups in total. The Morgan fingerprint density at radius 3 is 2.26 bits per heavy atom. The Hall–Kier alpha value is -3.39. The van der Waals surface area contributed by atoms with Gasteiger partial charge in [0, 0.05) is 26.1 Å². The summed E-state index contributed by atoms with van der Waals surface area (Å²) < 4.78 is 10.7. The van der Waals surface area contributed by atoms with Gasteiger partial charge in [0.05, 0.1) is 12.0 Å². The van der Waals surface area contributed by atoms with Crippen LogP contribution >= 0.6 is 0 Å². The molecule has 0 aromatic heterocycles. The molecule has 2 unspecified atom stereocenters. The van der Waals surface area contributed by atoms with Crippen molar-refractivity contribution in [2.75, 3.05) is 33.4 Å². The minimum Gasteiger partial charge on any atom is -0.481 e. The molecule has 1 heterocycles. The van der Waals surface area contributed by atoms with Crippen molar-refractivity contribution in [1.29, 1.82) is 0 Å². The summed E-state index contributed by atoms with van der Waals surface area (Å²) in [5.41, 5.74) is 3.51. The Kier molecular flexibility index (Phi) is 6.88. The van der Waals surface area contributed by atoms with Crippen molar-refractivity contribution in [3.8, 4) is 11.1 Å². The van der Waals surface area contributed by atoms with Gasteiger partial charge in [-0.2, -0.15) is 0 Å². The number of hydrogen-bond donors (Lipinski definition) is 2. The highest BCUT2D eigenvalue weighted by Gasteiger charge is 2.46. The number of carboxylic acid groups (broad SMARTS) is 1. The number of methoxy groups -OCH3 is 1. The minimum atomic E-state index is -0.956. The molecule has 2 aliphatic rings. The largest absolute Gasteiger partial charge is 0.481 e. The SMILES string of the molecule is CCC1(C(=O)O)CCN(C(=O)C(COC)NC(=O)OCC2c3ccccc3-c3ccccc32)C1. The Balaban J connectivity index is 1.40. The number of nitrogens with one attached hydrogen (secondary N) is 1. The predicted octanol–water partition coefficient (Wildman–Crippen LogP) is 3.25. The highest BCUT2D eigenvalue weighted by Crippen LogP contribution is 2.44. The number of rotatable bonds is 8. The van der Waals surface area contributed by atoms with Gasteiger partial charge >= 0.3 is 12.1 Å². The number of benzene rings is 2. The van der Waals surface area contributed by atoms with Crippen molar-refractivity contribution in [3.63, 3.8) is 0 Å². The second-order valence-corrected chi connectivity index (χ2v) is 8.93. The number of amides is 2. The van der Waals surface area contributed by atoms with Crippen LogP contribution in [0.4, 0.5) is 4.79 Å². The molecule has 1 fully saturated rings. The standard InChI is InChI=1S/C26H30N2O6/c1-3-26(24(30)31)12-13-28(16-26)23(29)22(15-33-2)27-25(32)34-14-21-19-10-6-4-8-17(19)18-9-5-7-11-20(18)21/h4-11,21-22H,3,12-16H2,1-2H3,(H,27,32)(H,30,31). The summed E-state index contributed by atoms with van der Waals surface area (Å²) in [7, 11) is 1.44. The van der Waals surface area contributed by atoms with E-state index in [1.807, 2.05) is 43.3 Å². The second kappa shape index (κ2) is 9.85. The Labute approximate surface area is 198 Å². The highest BCUT2D eigenvalue weighted by molar-refractivity contribution is 5.87. The van der Waals surface area contributed by atoms with Crippen molar-refractivity contribution in [3.05, 3.63) is 59.7 Å². The minimum absolute atomic E-state index is 0.0360. The first-order valence-corrected chi connectivity index (χ1v) is 11.5. The first-order valence-electron chi connectivity index (χ1n) is 11.5. The summed E-state index contributed by atoms with van der Waals surface area (Å²) in [4.78, 5) is 39.0. The van der Waals surface area contributed by atoms with Gasteiger partial charge in [-0.3, -0.25) is 9.59 Å². The third-order valence-corrected chi connectivity index (χ3v) is 7.06. The number of hydrogen-bond acceptors (Lipinski definition) is 5. The fourth-order valence-corrected chi connectivity index (χ4v) is 5.02. The quantitative estimate of drug-likeness (QED) is 0.619. The molecule has 1 aliphatic carbocycles. The van der Waals surface area contributed by atoms with Crippen LogP contribution in [0.3, 0.4) is 0 Å². The topological polar surface area (TPSA) is 105 Å². The summed E-state index contributed by atoms with van der Waals surface area (Å²) in [6.45, 7) is 2.35. The number of carboxylic acids is 1. The van der Waals surface area contributed by atoms with Crippen LogP contribution < -0.4 is 5.32 Å². The van der Waals surface area contributed by atoms with E-state index in [-0.39, 0.29) is 31.6 Å². The number of fused-ring (bicyclic) bond motifs is 3. The van der Waals surface area contributed by atoms with Crippen LogP contribution in [0.5, 0.6) is 0 Å². The molecule has 4 rings (SSSR count). The van der Waals surface area contributed by atoms with Crippen LogP contribution in [0.2, 0.25) is 0 Å². The Morgan fingerprint density at radius 1 is 1.12 bits per heavy atom. The Morgan fingerprint density at radius 2 is 1.74 bits per heavy atom. The van der Waals surface area contributed by atoms with Gasteiger partial charge in [0.1, 0.15) is 12.6 Å². The zero-order valence-corrected chi connectivity index (χ0v) is 19.5. The van der Waals surface area contributed by atoms with Gasteiger partial charge in [-0.1, -0.05) is 55.5 Å². The fourth-order valence-electron chi connectivity index (χ4n) is 5.02. The third-order valence-electron chi connectivity index (χ3n) is 7.06. The number of nitrogens with zero attached hydrogens (tertiary/aromatic N) is 1. The van der Waals surface area contributed by atoms with E-state index in [4.69, 9.17) is 9.47 Å². The van der Waals surface area contributed by atoms with Crippen molar-refractivity contribution in [2.45, 2.75) is 31.7 Å². The number of carbonyl (C=O) groups is 3. The van der Waals surface area contributed by atoms with E-state index in [0.717, 1.165) is 22.3 Å². The lowest BCUT2D eigenvalue weighted by molar-refractivity contribution is -0.148. The maximum atomic E-state index is 13.1. The number of carbonyl (C=O) groups excluding carboxylic acids is 2. The lowest BCUT2D eigenvalue weighted by Crippen LogP contribution is -2.51. The first-order chi connectivity index (χ1) is 16.4. The molecule has 0 bridgehead atoms. The summed E-state index contributed by atoms with van der Waals surface area (Å²) in [5.74, 6) is -1.36. The average molecular weight is 467 g/mol. The van der Waals surface area contributed by atoms with Gasteiger partial charge in [-0.15, -0.1) is 0 Å². The highest BCUT2D eigenvalue weighted by atomic mass is 16.5. The van der Waals surface area contributed by atoms with Crippen LogP contribution in [0.1, 0.15) is 36.8 Å². The summed E-state index contributed by atoms with van der Waals surface area (Å²) in [6, 6.07) is 15.1. The smallest absolute Gasteiger partial charge is 0.407 e. The second-order valence-electron chi connectivity index (χ2n) is 8.93. The molecule has 2 amide bonds. The molecule has 2 aromatic rings. The summed E-state index contributed by atoms with van der Waals surface area (Å²) >= 11 is 0. The monoisotopic (exact) mass is 466 g/mol. The molecule has 1 aliphatic heterocycles. The zero-order chi connectivity index (χ0) is 24.3. The van der Waals surface area contributed by atoms with Crippen molar-refractivity contribution < 1.29 is 29.0 Å². The predicted molar refractivity (Wildman–Crippen MR) is 125 cm³/mol.